The van der Waals surface area contributed by atoms with Gasteiger partial charge >= 0.3 is 0 Å². The van der Waals surface area contributed by atoms with Gasteiger partial charge in [-0.25, -0.2) is 0 Å². The molecule has 0 aliphatic rings. The standard InChI is InChI=1S/C10H11Cl2NO/c1-6(2)13-10(14)9-7(11)4-3-5-8(9)12/h3-6H,1-2H3,(H,13,14). The molecule has 1 amide bonds. The molecule has 4 heteroatoms. The molecule has 1 aromatic rings. The molecule has 14 heavy (non-hydrogen) atoms. The number of amides is 1. The average Bonchev–Trinajstić information content (AvgIpc) is 2.01. The van der Waals surface area contributed by atoms with Crippen LogP contribution >= 0.6 is 23.2 Å². The van der Waals surface area contributed by atoms with Crippen molar-refractivity contribution in [3.8, 4) is 0 Å². The Morgan fingerprint density at radius 3 is 2.21 bits per heavy atom. The second-order valence-electron chi connectivity index (χ2n) is 3.22. The van der Waals surface area contributed by atoms with Gasteiger partial charge in [-0.05, 0) is 26.0 Å². The minimum Gasteiger partial charge on any atom is -0.350 e. The van der Waals surface area contributed by atoms with Gasteiger partial charge in [0.15, 0.2) is 0 Å². The molecule has 76 valence electrons. The van der Waals surface area contributed by atoms with Crippen molar-refractivity contribution in [3.05, 3.63) is 33.8 Å². The van der Waals surface area contributed by atoms with Crippen LogP contribution in [0.25, 0.3) is 0 Å². The highest BCUT2D eigenvalue weighted by molar-refractivity contribution is 6.39. The van der Waals surface area contributed by atoms with Crippen molar-refractivity contribution in [1.82, 2.24) is 5.32 Å². The first-order valence-electron chi connectivity index (χ1n) is 4.27. The van der Waals surface area contributed by atoms with E-state index in [-0.39, 0.29) is 11.9 Å². The number of benzene rings is 1. The fourth-order valence-electron chi connectivity index (χ4n) is 1.05. The summed E-state index contributed by atoms with van der Waals surface area (Å²) < 4.78 is 0. The van der Waals surface area contributed by atoms with Gasteiger partial charge in [-0.1, -0.05) is 29.3 Å². The number of hydrogen-bond acceptors (Lipinski definition) is 1. The second kappa shape index (κ2) is 4.67. The largest absolute Gasteiger partial charge is 0.350 e. The van der Waals surface area contributed by atoms with Crippen LogP contribution in [0.5, 0.6) is 0 Å². The van der Waals surface area contributed by atoms with Crippen LogP contribution in [0.2, 0.25) is 10.0 Å². The van der Waals surface area contributed by atoms with E-state index in [1.54, 1.807) is 18.2 Å². The zero-order valence-corrected chi connectivity index (χ0v) is 9.49. The van der Waals surface area contributed by atoms with E-state index < -0.39 is 0 Å². The molecule has 0 radical (unpaired) electrons. The summed E-state index contributed by atoms with van der Waals surface area (Å²) in [6, 6.07) is 5.05. The number of rotatable bonds is 2. The van der Waals surface area contributed by atoms with Crippen LogP contribution in [0.15, 0.2) is 18.2 Å². The maximum atomic E-state index is 11.6. The molecule has 1 rings (SSSR count). The lowest BCUT2D eigenvalue weighted by Gasteiger charge is -2.10. The molecule has 0 saturated carbocycles. The van der Waals surface area contributed by atoms with Crippen molar-refractivity contribution < 1.29 is 4.79 Å². The van der Waals surface area contributed by atoms with Crippen LogP contribution in [-0.4, -0.2) is 11.9 Å². The quantitative estimate of drug-likeness (QED) is 0.833. The predicted molar refractivity (Wildman–Crippen MR) is 59.1 cm³/mol. The van der Waals surface area contributed by atoms with E-state index in [0.29, 0.717) is 15.6 Å². The van der Waals surface area contributed by atoms with E-state index in [1.807, 2.05) is 13.8 Å². The SMILES string of the molecule is CC(C)NC(=O)c1c(Cl)cccc1Cl. The van der Waals surface area contributed by atoms with Gasteiger partial charge in [0.2, 0.25) is 0 Å². The Hall–Kier alpha value is -0.730. The lowest BCUT2D eigenvalue weighted by molar-refractivity contribution is 0.0943. The molecule has 0 heterocycles. The smallest absolute Gasteiger partial charge is 0.254 e. The summed E-state index contributed by atoms with van der Waals surface area (Å²) in [4.78, 5) is 11.6. The summed E-state index contributed by atoms with van der Waals surface area (Å²) in [6.45, 7) is 3.76. The van der Waals surface area contributed by atoms with Gasteiger partial charge in [0.1, 0.15) is 0 Å². The van der Waals surface area contributed by atoms with E-state index in [2.05, 4.69) is 5.32 Å². The number of halogens is 2. The van der Waals surface area contributed by atoms with Crippen LogP contribution in [0.4, 0.5) is 0 Å². The summed E-state index contributed by atoms with van der Waals surface area (Å²) >= 11 is 11.7. The molecule has 0 aliphatic heterocycles. The zero-order valence-electron chi connectivity index (χ0n) is 7.97. The third-order valence-corrected chi connectivity index (χ3v) is 2.24. The molecule has 0 aromatic heterocycles. The highest BCUT2D eigenvalue weighted by Crippen LogP contribution is 2.23. The van der Waals surface area contributed by atoms with E-state index in [1.165, 1.54) is 0 Å². The van der Waals surface area contributed by atoms with Gasteiger partial charge in [0.25, 0.3) is 5.91 Å². The van der Waals surface area contributed by atoms with Crippen molar-refractivity contribution in [3.63, 3.8) is 0 Å². The molecule has 1 N–H and O–H groups in total. The second-order valence-corrected chi connectivity index (χ2v) is 4.04. The van der Waals surface area contributed by atoms with Crippen molar-refractivity contribution >= 4 is 29.1 Å². The maximum Gasteiger partial charge on any atom is 0.254 e. The Balaban J connectivity index is 3.00. The lowest BCUT2D eigenvalue weighted by Crippen LogP contribution is -2.30. The van der Waals surface area contributed by atoms with E-state index in [4.69, 9.17) is 23.2 Å². The van der Waals surface area contributed by atoms with Crippen molar-refractivity contribution in [2.75, 3.05) is 0 Å². The Bertz CT molecular complexity index is 330. The number of carbonyl (C=O) groups is 1. The lowest BCUT2D eigenvalue weighted by atomic mass is 10.2. The summed E-state index contributed by atoms with van der Waals surface area (Å²) in [5.41, 5.74) is 0.338. The fraction of sp³-hybridized carbons (Fsp3) is 0.300. The molecule has 0 unspecified atom stereocenters. The topological polar surface area (TPSA) is 29.1 Å². The average molecular weight is 232 g/mol. The van der Waals surface area contributed by atoms with Gasteiger partial charge in [-0.2, -0.15) is 0 Å². The third-order valence-electron chi connectivity index (χ3n) is 1.61. The van der Waals surface area contributed by atoms with Crippen LogP contribution in [0.1, 0.15) is 24.2 Å². The van der Waals surface area contributed by atoms with E-state index in [9.17, 15) is 4.79 Å². The Morgan fingerprint density at radius 1 is 1.29 bits per heavy atom. The number of nitrogens with one attached hydrogen (secondary N) is 1. The van der Waals surface area contributed by atoms with Gasteiger partial charge in [-0.3, -0.25) is 4.79 Å². The molecule has 0 fully saturated rings. The van der Waals surface area contributed by atoms with Gasteiger partial charge < -0.3 is 5.32 Å². The summed E-state index contributed by atoms with van der Waals surface area (Å²) in [5, 5.41) is 3.47. The zero-order chi connectivity index (χ0) is 10.7. The first kappa shape index (κ1) is 11.3. The third kappa shape index (κ3) is 2.63. The summed E-state index contributed by atoms with van der Waals surface area (Å²) in [5.74, 6) is -0.240. The Labute approximate surface area is 93.2 Å². The fourth-order valence-corrected chi connectivity index (χ4v) is 1.62. The van der Waals surface area contributed by atoms with Crippen molar-refractivity contribution in [2.45, 2.75) is 19.9 Å². The number of carbonyl (C=O) groups excluding carboxylic acids is 1. The van der Waals surface area contributed by atoms with Crippen molar-refractivity contribution in [1.29, 1.82) is 0 Å². The van der Waals surface area contributed by atoms with Gasteiger partial charge in [0.05, 0.1) is 15.6 Å². The van der Waals surface area contributed by atoms with Crippen LogP contribution < -0.4 is 5.32 Å². The van der Waals surface area contributed by atoms with Gasteiger partial charge in [-0.15, -0.1) is 0 Å². The minimum atomic E-state index is -0.240. The minimum absolute atomic E-state index is 0.0647. The molecule has 0 saturated heterocycles. The van der Waals surface area contributed by atoms with Crippen LogP contribution in [0, 0.1) is 0 Å². The summed E-state index contributed by atoms with van der Waals surface area (Å²) in [7, 11) is 0. The highest BCUT2D eigenvalue weighted by Gasteiger charge is 2.14. The monoisotopic (exact) mass is 231 g/mol. The van der Waals surface area contributed by atoms with E-state index >= 15 is 0 Å². The molecule has 0 spiro atoms. The first-order valence-corrected chi connectivity index (χ1v) is 5.03. The predicted octanol–water partition coefficient (Wildman–Crippen LogP) is 3.13. The summed E-state index contributed by atoms with van der Waals surface area (Å²) in [6.07, 6.45) is 0. The molecule has 2 nitrogen and oxygen atoms in total. The molecule has 0 atom stereocenters. The number of hydrogen-bond donors (Lipinski definition) is 1. The van der Waals surface area contributed by atoms with Gasteiger partial charge in [0, 0.05) is 6.04 Å². The first-order chi connectivity index (χ1) is 6.52. The normalized spacial score (nSPS) is 10.4. The molecule has 0 bridgehead atoms. The van der Waals surface area contributed by atoms with Crippen LogP contribution in [-0.2, 0) is 0 Å². The van der Waals surface area contributed by atoms with E-state index in [0.717, 1.165) is 0 Å². The molecule has 0 aliphatic carbocycles. The Morgan fingerprint density at radius 2 is 1.79 bits per heavy atom. The maximum absolute atomic E-state index is 11.6. The highest BCUT2D eigenvalue weighted by atomic mass is 35.5. The molecular formula is C10H11Cl2NO. The van der Waals surface area contributed by atoms with Crippen molar-refractivity contribution in [2.24, 2.45) is 0 Å². The molecular weight excluding hydrogens is 221 g/mol. The Kier molecular flexibility index (Phi) is 3.78. The van der Waals surface area contributed by atoms with Crippen LogP contribution in [0.3, 0.4) is 0 Å². The molecule has 1 aromatic carbocycles.